The Kier molecular flexibility index (Phi) is 9.98. The van der Waals surface area contributed by atoms with Crippen LogP contribution in [0.2, 0.25) is 0 Å². The molecule has 0 bridgehead atoms. The summed E-state index contributed by atoms with van der Waals surface area (Å²) in [5.74, 6) is -3.11. The highest BCUT2D eigenvalue weighted by Crippen LogP contribution is 2.47. The molecule has 0 radical (unpaired) electrons. The molecule has 0 aliphatic carbocycles. The number of ether oxygens (including phenoxy) is 3. The standard InChI is InChI=1S/C25H34FN6O8PS/c1-5-36-22-18-21(29-24(27)30-22)32(13-28-18)11-17-19(33)20(34)25(26,39-17)12-37-41(42,40-16-9-7-6-8-10-16)31-15(4)23(35)38-14(2)3/h6-10,13-15,17,19-20,33-34H,5,11-12H2,1-4H3,(H,31,42)(H2,27,29,30)/t15-,17+,19+,20+,25-,41+/m1/s1. The van der Waals surface area contributed by atoms with Crippen molar-refractivity contribution in [2.24, 2.45) is 0 Å². The van der Waals surface area contributed by atoms with Crippen LogP contribution in [-0.4, -0.2) is 85.2 Å². The first-order valence-corrected chi connectivity index (χ1v) is 15.8. The van der Waals surface area contributed by atoms with Gasteiger partial charge in [0, 0.05) is 0 Å². The second-order valence-electron chi connectivity index (χ2n) is 9.78. The minimum Gasteiger partial charge on any atom is -0.476 e. The summed E-state index contributed by atoms with van der Waals surface area (Å²) in [5, 5.41) is 24.2. The van der Waals surface area contributed by atoms with E-state index in [4.69, 9.17) is 40.8 Å². The van der Waals surface area contributed by atoms with Gasteiger partial charge in [0.05, 0.1) is 25.6 Å². The molecular weight excluding hydrogens is 594 g/mol. The molecule has 3 heterocycles. The Morgan fingerprint density at radius 1 is 1.29 bits per heavy atom. The third-order valence-corrected chi connectivity index (χ3v) is 8.54. The number of nitrogens with two attached hydrogens (primary N) is 1. The van der Waals surface area contributed by atoms with Crippen molar-refractivity contribution in [3.05, 3.63) is 36.7 Å². The number of para-hydroxylation sites is 1. The van der Waals surface area contributed by atoms with E-state index in [2.05, 4.69) is 20.0 Å². The normalized spacial score (nSPS) is 24.4. The first-order chi connectivity index (χ1) is 19.8. The monoisotopic (exact) mass is 628 g/mol. The molecule has 6 atom stereocenters. The molecule has 230 valence electrons. The molecule has 17 heteroatoms. The number of anilines is 1. The minimum atomic E-state index is -3.65. The largest absolute Gasteiger partial charge is 0.476 e. The van der Waals surface area contributed by atoms with Crippen molar-refractivity contribution in [2.75, 3.05) is 18.9 Å². The van der Waals surface area contributed by atoms with E-state index < -0.39 is 49.4 Å². The predicted octanol–water partition coefficient (Wildman–Crippen LogP) is 1.84. The Bertz CT molecular complexity index is 1430. The Labute approximate surface area is 246 Å². The fourth-order valence-corrected chi connectivity index (χ4v) is 6.52. The SMILES string of the molecule is CCOc1nc(N)nc2c1ncn2C[C@@H]1O[C@](F)(CO[P@@](=S)(N[C@H](C)C(=O)OC(C)C)Oc2ccccc2)[C@@H](O)[C@H]1O. The number of aliphatic hydroxyl groups excluding tert-OH is 2. The molecule has 1 aromatic carbocycles. The Morgan fingerprint density at radius 3 is 2.67 bits per heavy atom. The molecule has 1 fully saturated rings. The molecule has 5 N–H and O–H groups in total. The fraction of sp³-hybridized carbons (Fsp3) is 0.520. The topological polar surface area (TPSA) is 185 Å². The third-order valence-electron chi connectivity index (χ3n) is 6.06. The maximum absolute atomic E-state index is 16.1. The van der Waals surface area contributed by atoms with Crippen LogP contribution in [0.15, 0.2) is 36.7 Å². The summed E-state index contributed by atoms with van der Waals surface area (Å²) in [7, 11) is 0. The van der Waals surface area contributed by atoms with E-state index in [1.807, 2.05) is 0 Å². The number of hydrogen-bond donors (Lipinski definition) is 4. The van der Waals surface area contributed by atoms with Crippen molar-refractivity contribution in [3.8, 4) is 11.6 Å². The number of alkyl halides is 1. The highest BCUT2D eigenvalue weighted by molar-refractivity contribution is 8.09. The summed E-state index contributed by atoms with van der Waals surface area (Å²) in [6, 6.07) is 7.40. The zero-order valence-corrected chi connectivity index (χ0v) is 25.1. The number of rotatable bonds is 13. The third kappa shape index (κ3) is 7.32. The van der Waals surface area contributed by atoms with Crippen molar-refractivity contribution in [1.29, 1.82) is 0 Å². The van der Waals surface area contributed by atoms with Gasteiger partial charge in [0.15, 0.2) is 11.2 Å². The number of nitrogen functional groups attached to an aromatic ring is 1. The van der Waals surface area contributed by atoms with Crippen molar-refractivity contribution in [3.63, 3.8) is 0 Å². The summed E-state index contributed by atoms with van der Waals surface area (Å²) in [6.45, 7) is 2.22. The van der Waals surface area contributed by atoms with Crippen molar-refractivity contribution >= 4 is 41.5 Å². The number of hydrogen-bond acceptors (Lipinski definition) is 13. The number of fused-ring (bicyclic) bond motifs is 1. The smallest absolute Gasteiger partial charge is 0.323 e. The van der Waals surface area contributed by atoms with Crippen molar-refractivity contribution in [1.82, 2.24) is 24.6 Å². The zero-order valence-electron chi connectivity index (χ0n) is 23.4. The molecule has 0 saturated carbocycles. The number of imidazole rings is 1. The van der Waals surface area contributed by atoms with E-state index in [0.717, 1.165) is 0 Å². The summed E-state index contributed by atoms with van der Waals surface area (Å²) in [5.41, 5.74) is 6.38. The van der Waals surface area contributed by atoms with Crippen LogP contribution in [-0.2, 0) is 37.1 Å². The van der Waals surface area contributed by atoms with Crippen molar-refractivity contribution in [2.45, 2.75) is 70.6 Å². The lowest BCUT2D eigenvalue weighted by molar-refractivity contribution is -0.192. The Morgan fingerprint density at radius 2 is 2.00 bits per heavy atom. The van der Waals surface area contributed by atoms with E-state index in [1.54, 1.807) is 51.1 Å². The summed E-state index contributed by atoms with van der Waals surface area (Å²) < 4.78 is 45.3. The van der Waals surface area contributed by atoms with Gasteiger partial charge in [-0.25, -0.2) is 14.5 Å². The molecule has 1 aliphatic rings. The van der Waals surface area contributed by atoms with Gasteiger partial charge in [-0.15, -0.1) is 0 Å². The van der Waals surface area contributed by atoms with E-state index >= 15 is 4.39 Å². The lowest BCUT2D eigenvalue weighted by Gasteiger charge is -2.30. The maximum Gasteiger partial charge on any atom is 0.323 e. The molecule has 2 aromatic heterocycles. The van der Waals surface area contributed by atoms with E-state index in [0.29, 0.717) is 17.9 Å². The average molecular weight is 629 g/mol. The number of benzene rings is 1. The van der Waals surface area contributed by atoms with E-state index in [9.17, 15) is 15.0 Å². The van der Waals surface area contributed by atoms with E-state index in [-0.39, 0.29) is 30.1 Å². The van der Waals surface area contributed by atoms with Gasteiger partial charge in [-0.2, -0.15) is 9.97 Å². The summed E-state index contributed by atoms with van der Waals surface area (Å²) >= 11 is 5.60. The Hall–Kier alpha value is -2.98. The number of carbonyl (C=O) groups excluding carboxylic acids is 1. The molecule has 1 saturated heterocycles. The van der Waals surface area contributed by atoms with Crippen LogP contribution in [0.4, 0.5) is 10.3 Å². The molecule has 1 aliphatic heterocycles. The molecule has 0 unspecified atom stereocenters. The summed E-state index contributed by atoms with van der Waals surface area (Å²) in [4.78, 5) is 24.9. The maximum atomic E-state index is 16.1. The zero-order chi connectivity index (χ0) is 30.7. The van der Waals surface area contributed by atoms with Crippen LogP contribution in [0.3, 0.4) is 0 Å². The van der Waals surface area contributed by atoms with Crippen LogP contribution in [0, 0.1) is 0 Å². The van der Waals surface area contributed by atoms with Gasteiger partial charge in [-0.05, 0) is 51.6 Å². The lowest BCUT2D eigenvalue weighted by atomic mass is 10.1. The van der Waals surface area contributed by atoms with Crippen LogP contribution >= 0.6 is 6.64 Å². The van der Waals surface area contributed by atoms with Crippen LogP contribution in [0.25, 0.3) is 11.2 Å². The van der Waals surface area contributed by atoms with Crippen LogP contribution in [0.1, 0.15) is 27.7 Å². The number of esters is 1. The number of aliphatic hydroxyl groups is 2. The highest BCUT2D eigenvalue weighted by atomic mass is 32.5. The molecule has 3 aromatic rings. The number of nitrogens with one attached hydrogen (secondary N) is 1. The number of halogens is 1. The number of nitrogens with zero attached hydrogens (tertiary/aromatic N) is 4. The molecular formula is C25H34FN6O8PS. The van der Waals surface area contributed by atoms with E-state index in [1.165, 1.54) is 17.8 Å². The average Bonchev–Trinajstić information content (AvgIpc) is 3.42. The molecule has 0 spiro atoms. The van der Waals surface area contributed by atoms with Gasteiger partial charge in [0.1, 0.15) is 36.7 Å². The number of carbonyl (C=O) groups is 1. The van der Waals surface area contributed by atoms with Gasteiger partial charge in [-0.3, -0.25) is 4.79 Å². The predicted molar refractivity (Wildman–Crippen MR) is 153 cm³/mol. The summed E-state index contributed by atoms with van der Waals surface area (Å²) in [6.07, 6.45) is -3.93. The fourth-order valence-electron chi connectivity index (χ4n) is 4.12. The van der Waals surface area contributed by atoms with Crippen LogP contribution in [0.5, 0.6) is 11.6 Å². The van der Waals surface area contributed by atoms with Crippen molar-refractivity contribution < 1.29 is 42.7 Å². The lowest BCUT2D eigenvalue weighted by Crippen LogP contribution is -2.44. The first kappa shape index (κ1) is 31.9. The molecule has 42 heavy (non-hydrogen) atoms. The quantitative estimate of drug-likeness (QED) is 0.159. The van der Waals surface area contributed by atoms with Crippen LogP contribution < -0.4 is 20.1 Å². The second kappa shape index (κ2) is 13.1. The van der Waals surface area contributed by atoms with Gasteiger partial charge in [0.2, 0.25) is 11.8 Å². The molecule has 14 nitrogen and oxygen atoms in total. The molecule has 0 amide bonds. The van der Waals surface area contributed by atoms with Gasteiger partial charge < -0.3 is 43.8 Å². The molecule has 4 rings (SSSR count). The van der Waals surface area contributed by atoms with Gasteiger partial charge in [0.25, 0.3) is 5.85 Å². The number of aromatic nitrogens is 4. The van der Waals surface area contributed by atoms with Gasteiger partial charge >= 0.3 is 12.6 Å². The minimum absolute atomic E-state index is 0.0722. The highest BCUT2D eigenvalue weighted by Gasteiger charge is 2.56. The second-order valence-corrected chi connectivity index (χ2v) is 12.9. The van der Waals surface area contributed by atoms with Gasteiger partial charge in [-0.1, -0.05) is 18.2 Å². The first-order valence-electron chi connectivity index (χ1n) is 13.2. The Balaban J connectivity index is 1.51.